The third-order valence-electron chi connectivity index (χ3n) is 13.7. The molecule has 56 heavy (non-hydrogen) atoms. The van der Waals surface area contributed by atoms with Crippen LogP contribution in [0.1, 0.15) is 128 Å². The van der Waals surface area contributed by atoms with Crippen molar-refractivity contribution >= 4 is 40.6 Å². The first kappa shape index (κ1) is 43.0. The summed E-state index contributed by atoms with van der Waals surface area (Å²) in [5.41, 5.74) is -2.20. The summed E-state index contributed by atoms with van der Waals surface area (Å²) in [5.74, 6) is -4.00. The molecule has 0 amide bonds. The van der Waals surface area contributed by atoms with Gasteiger partial charge in [0, 0.05) is 30.1 Å². The average Bonchev–Trinajstić information content (AvgIpc) is 3.17. The fraction of sp³-hybridized carbons (Fsp3) is 0.875. The topological polar surface area (TPSA) is 186 Å². The van der Waals surface area contributed by atoms with Crippen molar-refractivity contribution < 1.29 is 69.4 Å². The lowest BCUT2D eigenvalue weighted by molar-refractivity contribution is -0.283. The van der Waals surface area contributed by atoms with Gasteiger partial charge in [0.1, 0.15) is 30.9 Å². The Kier molecular flexibility index (Phi) is 13.9. The van der Waals surface area contributed by atoms with Gasteiger partial charge in [-0.1, -0.05) is 51.4 Å². The van der Waals surface area contributed by atoms with Crippen molar-refractivity contribution in [3.05, 3.63) is 0 Å². The van der Waals surface area contributed by atoms with E-state index in [1.807, 2.05) is 0 Å². The smallest absolute Gasteiger partial charge is 0.465 e. The summed E-state index contributed by atoms with van der Waals surface area (Å²) in [5, 5.41) is -5.13. The van der Waals surface area contributed by atoms with Crippen LogP contribution in [0.4, 0.5) is 8.78 Å². The molecule has 0 spiro atoms. The first-order valence-electron chi connectivity index (χ1n) is 20.7. The number of rotatable bonds is 16. The normalized spacial score (nSPS) is 35.7. The number of esters is 3. The second kappa shape index (κ2) is 18.1. The van der Waals surface area contributed by atoms with Gasteiger partial charge in [0.05, 0.1) is 18.6 Å². The molecule has 0 aromatic heterocycles. The minimum Gasteiger partial charge on any atom is -0.465 e. The van der Waals surface area contributed by atoms with Crippen LogP contribution in [0.25, 0.3) is 0 Å². The molecular weight excluding hydrogens is 758 g/mol. The molecule has 316 valence electrons. The summed E-state index contributed by atoms with van der Waals surface area (Å²) >= 11 is 0. The van der Waals surface area contributed by atoms with Crippen molar-refractivity contribution in [3.8, 4) is 0 Å². The number of aldehydes is 2. The largest absolute Gasteiger partial charge is 0.465 e. The van der Waals surface area contributed by atoms with Crippen molar-refractivity contribution in [2.24, 2.45) is 46.8 Å². The number of hydrogen-bond donors (Lipinski definition) is 1. The van der Waals surface area contributed by atoms with Crippen LogP contribution in [0.15, 0.2) is 0 Å². The predicted molar refractivity (Wildman–Crippen MR) is 193 cm³/mol. The Morgan fingerprint density at radius 1 is 0.893 bits per heavy atom. The van der Waals surface area contributed by atoms with Gasteiger partial charge < -0.3 is 33.3 Å². The number of halogens is 2. The van der Waals surface area contributed by atoms with Gasteiger partial charge in [0.25, 0.3) is 0 Å². The maximum atomic E-state index is 14.3. The lowest BCUT2D eigenvalue weighted by atomic mass is 9.59. The highest BCUT2D eigenvalue weighted by atomic mass is 32.2. The number of alkyl halides is 2. The van der Waals surface area contributed by atoms with Crippen LogP contribution in [-0.2, 0) is 57.8 Å². The zero-order valence-corrected chi connectivity index (χ0v) is 32.9. The molecule has 4 bridgehead atoms. The van der Waals surface area contributed by atoms with Gasteiger partial charge >= 0.3 is 33.3 Å². The first-order valence-corrected chi connectivity index (χ1v) is 22.2. The van der Waals surface area contributed by atoms with E-state index in [4.69, 9.17) is 28.2 Å². The molecule has 13 nitrogen and oxygen atoms in total. The molecule has 16 heteroatoms. The molecule has 1 saturated heterocycles. The van der Waals surface area contributed by atoms with E-state index in [9.17, 15) is 41.2 Å². The van der Waals surface area contributed by atoms with Crippen molar-refractivity contribution in [2.45, 2.75) is 152 Å². The molecule has 6 fully saturated rings. The molecule has 6 rings (SSSR count). The third kappa shape index (κ3) is 10.2. The average molecular weight is 817 g/mol. The number of hydrogen-bond acceptors (Lipinski definition) is 12. The Hall–Kier alpha value is -2.56. The molecule has 0 radical (unpaired) electrons. The van der Waals surface area contributed by atoms with E-state index in [1.165, 1.54) is 6.42 Å². The summed E-state index contributed by atoms with van der Waals surface area (Å²) in [4.78, 5) is 62.9. The van der Waals surface area contributed by atoms with Crippen LogP contribution in [0.3, 0.4) is 0 Å². The molecule has 5 aliphatic carbocycles. The molecule has 10 atom stereocenters. The molecule has 1 aliphatic heterocycles. The summed E-state index contributed by atoms with van der Waals surface area (Å²) in [6.07, 6.45) is 13.6. The quantitative estimate of drug-likeness (QED) is 0.0811. The fourth-order valence-corrected chi connectivity index (χ4v) is 11.2. The second-order valence-electron chi connectivity index (χ2n) is 17.9. The second-order valence-corrected chi connectivity index (χ2v) is 19.4. The summed E-state index contributed by atoms with van der Waals surface area (Å²) in [6.45, 7) is -0.263. The van der Waals surface area contributed by atoms with Crippen molar-refractivity contribution in [1.29, 1.82) is 0 Å². The fourth-order valence-electron chi connectivity index (χ4n) is 11.0. The summed E-state index contributed by atoms with van der Waals surface area (Å²) in [7, 11) is -6.06. The number of fused-ring (bicyclic) bond motifs is 4. The van der Waals surface area contributed by atoms with Gasteiger partial charge in [-0.05, 0) is 88.4 Å². The third-order valence-corrected chi connectivity index (χ3v) is 14.5. The van der Waals surface area contributed by atoms with Crippen LogP contribution in [0.5, 0.6) is 0 Å². The van der Waals surface area contributed by atoms with Gasteiger partial charge in [-0.15, -0.1) is 0 Å². The molecule has 0 aromatic rings. The SMILES string of the molecule is O=CC(CCC(=O)OCC1COC(C2CC3CCCC(OC(=O)C(F)(F)S(=O)(=O)O)(C3)C2)OC1COC(=O)C12CCCC(CC(C=O)C1)C2)CC1CCCCC1. The summed E-state index contributed by atoms with van der Waals surface area (Å²) < 4.78 is 89.8. The maximum Gasteiger partial charge on any atom is 0.465 e. The highest BCUT2D eigenvalue weighted by Gasteiger charge is 2.58. The molecule has 10 unspecified atom stereocenters. The number of carbonyl (C=O) groups is 5. The minimum absolute atomic E-state index is 0.0317. The first-order chi connectivity index (χ1) is 26.6. The van der Waals surface area contributed by atoms with Crippen molar-refractivity contribution in [3.63, 3.8) is 0 Å². The molecule has 1 heterocycles. The Balaban J connectivity index is 1.11. The Bertz CT molecular complexity index is 1540. The molecule has 0 aromatic carbocycles. The van der Waals surface area contributed by atoms with E-state index in [2.05, 4.69) is 0 Å². The lowest BCUT2D eigenvalue weighted by Crippen LogP contribution is -2.54. The lowest BCUT2D eigenvalue weighted by Gasteiger charge is -2.50. The van der Waals surface area contributed by atoms with Crippen molar-refractivity contribution in [1.82, 2.24) is 0 Å². The van der Waals surface area contributed by atoms with Crippen LogP contribution in [-0.4, -0.2) is 86.5 Å². The molecule has 5 saturated carbocycles. The van der Waals surface area contributed by atoms with Crippen LogP contribution in [0.2, 0.25) is 0 Å². The molecule has 6 aliphatic rings. The Morgan fingerprint density at radius 3 is 2.34 bits per heavy atom. The number of carbonyl (C=O) groups excluding carboxylic acids is 5. The Labute approximate surface area is 327 Å². The zero-order valence-electron chi connectivity index (χ0n) is 32.1. The monoisotopic (exact) mass is 816 g/mol. The van der Waals surface area contributed by atoms with E-state index in [0.717, 1.165) is 63.9 Å². The van der Waals surface area contributed by atoms with Gasteiger partial charge in [0.2, 0.25) is 0 Å². The standard InChI is InChI=1S/C40H58F2O13S/c41-40(42,56(48,49)50)37(47)55-39-13-5-9-28(19-39)16-31(20-39)35-52-24-32(23-51-34(45)11-10-29(21-43)14-26-6-2-1-3-7-26)33(54-35)25-53-36(46)38-12-4-8-27(17-38)15-30(18-38)22-44/h21-22,26-33,35H,1-20,23-25H2,(H,48,49,50). The van der Waals surface area contributed by atoms with Gasteiger partial charge in [-0.2, -0.15) is 17.2 Å². The predicted octanol–water partition coefficient (Wildman–Crippen LogP) is 6.14. The Morgan fingerprint density at radius 2 is 1.62 bits per heavy atom. The van der Waals surface area contributed by atoms with E-state index < -0.39 is 68.5 Å². The molecular formula is C40H58F2O13S. The van der Waals surface area contributed by atoms with Gasteiger partial charge in [-0.25, -0.2) is 4.79 Å². The van der Waals surface area contributed by atoms with Crippen molar-refractivity contribution in [2.75, 3.05) is 19.8 Å². The van der Waals surface area contributed by atoms with Crippen LogP contribution in [0, 0.1) is 46.8 Å². The van der Waals surface area contributed by atoms with E-state index in [-0.39, 0.29) is 69.2 Å². The van der Waals surface area contributed by atoms with Crippen LogP contribution < -0.4 is 0 Å². The highest BCUT2D eigenvalue weighted by molar-refractivity contribution is 7.87. The van der Waals surface area contributed by atoms with Crippen LogP contribution >= 0.6 is 0 Å². The highest BCUT2D eigenvalue weighted by Crippen LogP contribution is 2.52. The van der Waals surface area contributed by atoms with Gasteiger partial charge in [-0.3, -0.25) is 14.1 Å². The number of ether oxygens (including phenoxy) is 5. The minimum atomic E-state index is -6.06. The maximum absolute atomic E-state index is 14.3. The van der Waals surface area contributed by atoms with E-state index in [0.29, 0.717) is 50.9 Å². The van der Waals surface area contributed by atoms with E-state index in [1.54, 1.807) is 0 Å². The van der Waals surface area contributed by atoms with E-state index >= 15 is 0 Å². The summed E-state index contributed by atoms with van der Waals surface area (Å²) in [6, 6.07) is 0. The molecule has 1 N–H and O–H groups in total. The van der Waals surface area contributed by atoms with Gasteiger partial charge in [0.15, 0.2) is 6.29 Å². The zero-order chi connectivity index (χ0) is 40.1.